The number of amides is 1. The molecule has 0 saturated carbocycles. The topological polar surface area (TPSA) is 63.2 Å². The molecule has 99 valence electrons. The minimum Gasteiger partial charge on any atom is -0.262 e. The van der Waals surface area contributed by atoms with Crippen LogP contribution in [0.5, 0.6) is 0 Å². The van der Waals surface area contributed by atoms with Crippen LogP contribution in [0.3, 0.4) is 0 Å². The van der Waals surface area contributed by atoms with E-state index in [2.05, 4.69) is 0 Å². The molecule has 0 atom stereocenters. The Morgan fingerprint density at radius 3 is 2.20 bits per heavy atom. The van der Waals surface area contributed by atoms with Crippen molar-refractivity contribution in [3.8, 4) is 0 Å². The summed E-state index contributed by atoms with van der Waals surface area (Å²) in [5, 5.41) is 3.36. The number of benzene rings is 3. The predicted octanol–water partition coefficient (Wildman–Crippen LogP) is 2.34. The molecule has 1 radical (unpaired) electrons. The van der Waals surface area contributed by atoms with Gasteiger partial charge in [-0.25, -0.2) is 13.1 Å². The van der Waals surface area contributed by atoms with Crippen LogP contribution in [-0.4, -0.2) is 14.8 Å². The quantitative estimate of drug-likeness (QED) is 0.593. The lowest BCUT2D eigenvalue weighted by molar-refractivity contribution is 0.547. The molecule has 3 rings (SSSR count). The van der Waals surface area contributed by atoms with Gasteiger partial charge < -0.3 is 0 Å². The Morgan fingerprint density at radius 2 is 1.50 bits per heavy atom. The largest absolute Gasteiger partial charge is 0.324 e. The maximum absolute atomic E-state index is 12.0. The summed E-state index contributed by atoms with van der Waals surface area (Å²) in [5.74, 6) is 0. The van der Waals surface area contributed by atoms with E-state index in [1.807, 2.05) is 42.5 Å². The van der Waals surface area contributed by atoms with E-state index in [1.54, 1.807) is 10.8 Å². The summed E-state index contributed by atoms with van der Waals surface area (Å²) >= 11 is 0. The minimum absolute atomic E-state index is 0.0732. The van der Waals surface area contributed by atoms with Crippen LogP contribution in [0.25, 0.3) is 21.5 Å². The van der Waals surface area contributed by atoms with Crippen LogP contribution in [0.2, 0.25) is 0 Å². The molecule has 0 unspecified atom stereocenters. The molecule has 0 aliphatic rings. The SMILES string of the molecule is O=[C]NS(=O)(=O)c1cccc2cc3ccccc3cc12. The number of rotatable bonds is 3. The molecule has 20 heavy (non-hydrogen) atoms. The maximum atomic E-state index is 12.0. The predicted molar refractivity (Wildman–Crippen MR) is 77.5 cm³/mol. The summed E-state index contributed by atoms with van der Waals surface area (Å²) in [4.78, 5) is 10.4. The van der Waals surface area contributed by atoms with Crippen molar-refractivity contribution in [2.45, 2.75) is 4.90 Å². The Balaban J connectivity index is 2.39. The van der Waals surface area contributed by atoms with E-state index in [1.165, 1.54) is 12.5 Å². The summed E-state index contributed by atoms with van der Waals surface area (Å²) < 4.78 is 25.8. The van der Waals surface area contributed by atoms with E-state index >= 15 is 0 Å². The summed E-state index contributed by atoms with van der Waals surface area (Å²) in [5.41, 5.74) is 0. The first kappa shape index (κ1) is 12.6. The van der Waals surface area contributed by atoms with Gasteiger partial charge in [0.1, 0.15) is 0 Å². The number of sulfonamides is 1. The van der Waals surface area contributed by atoms with Gasteiger partial charge in [0.25, 0.3) is 10.0 Å². The highest BCUT2D eigenvalue weighted by Gasteiger charge is 2.16. The maximum Gasteiger partial charge on any atom is 0.324 e. The zero-order valence-corrected chi connectivity index (χ0v) is 11.1. The van der Waals surface area contributed by atoms with E-state index < -0.39 is 10.0 Å². The highest BCUT2D eigenvalue weighted by atomic mass is 32.2. The molecule has 3 aromatic carbocycles. The van der Waals surface area contributed by atoms with Crippen molar-refractivity contribution < 1.29 is 13.2 Å². The molecule has 0 aromatic heterocycles. The third-order valence-electron chi connectivity index (χ3n) is 3.17. The zero-order chi connectivity index (χ0) is 14.2. The molecule has 0 saturated heterocycles. The molecule has 0 bridgehead atoms. The summed E-state index contributed by atoms with van der Waals surface area (Å²) in [6.07, 6.45) is 1.22. The lowest BCUT2D eigenvalue weighted by Crippen LogP contribution is -2.21. The van der Waals surface area contributed by atoms with E-state index in [0.29, 0.717) is 5.39 Å². The molecular formula is C15H10NO3S. The summed E-state index contributed by atoms with van der Waals surface area (Å²) in [6, 6.07) is 16.4. The Hall–Kier alpha value is -2.40. The van der Waals surface area contributed by atoms with Gasteiger partial charge in [-0.3, -0.25) is 4.79 Å². The Bertz CT molecular complexity index is 917. The number of hydrogen-bond acceptors (Lipinski definition) is 3. The van der Waals surface area contributed by atoms with Crippen molar-refractivity contribution in [1.29, 1.82) is 0 Å². The van der Waals surface area contributed by atoms with Crippen LogP contribution in [0, 0.1) is 0 Å². The Kier molecular flexibility index (Phi) is 2.91. The number of carbonyl (C=O) groups excluding carboxylic acids is 1. The normalized spacial score (nSPS) is 11.6. The number of hydrogen-bond donors (Lipinski definition) is 1. The summed E-state index contributed by atoms with van der Waals surface area (Å²) in [6.45, 7) is 0. The Morgan fingerprint density at radius 1 is 0.850 bits per heavy atom. The Labute approximate surface area is 116 Å². The second-order valence-corrected chi connectivity index (χ2v) is 6.04. The van der Waals surface area contributed by atoms with Gasteiger partial charge in [-0.2, -0.15) is 0 Å². The van der Waals surface area contributed by atoms with Crippen molar-refractivity contribution in [2.24, 2.45) is 0 Å². The van der Waals surface area contributed by atoms with Crippen molar-refractivity contribution in [3.05, 3.63) is 54.6 Å². The van der Waals surface area contributed by atoms with E-state index in [-0.39, 0.29) is 4.90 Å². The van der Waals surface area contributed by atoms with Crippen molar-refractivity contribution in [1.82, 2.24) is 4.72 Å². The van der Waals surface area contributed by atoms with E-state index in [9.17, 15) is 13.2 Å². The molecule has 1 amide bonds. The average Bonchev–Trinajstić information content (AvgIpc) is 2.44. The van der Waals surface area contributed by atoms with Gasteiger partial charge >= 0.3 is 6.41 Å². The standard InChI is InChI=1S/C15H10NO3S/c17-10-16-20(18,19)15-7-3-6-13-8-11-4-1-2-5-12(11)9-14(13)15/h1-9H,(H,16,17). The molecule has 1 N–H and O–H groups in total. The van der Waals surface area contributed by atoms with Gasteiger partial charge in [0, 0.05) is 5.39 Å². The lowest BCUT2D eigenvalue weighted by Gasteiger charge is -2.08. The van der Waals surface area contributed by atoms with E-state index in [0.717, 1.165) is 16.2 Å². The smallest absolute Gasteiger partial charge is 0.262 e. The van der Waals surface area contributed by atoms with Gasteiger partial charge in [0.15, 0.2) is 0 Å². The van der Waals surface area contributed by atoms with Gasteiger partial charge in [-0.05, 0) is 34.4 Å². The lowest BCUT2D eigenvalue weighted by atomic mass is 10.0. The highest BCUT2D eigenvalue weighted by molar-refractivity contribution is 7.90. The van der Waals surface area contributed by atoms with Gasteiger partial charge in [-0.1, -0.05) is 36.4 Å². The van der Waals surface area contributed by atoms with Crippen LogP contribution in [0.1, 0.15) is 0 Å². The molecule has 5 heteroatoms. The zero-order valence-electron chi connectivity index (χ0n) is 10.3. The molecular weight excluding hydrogens is 274 g/mol. The first-order chi connectivity index (χ1) is 9.62. The molecule has 3 aromatic rings. The van der Waals surface area contributed by atoms with Gasteiger partial charge in [0.05, 0.1) is 4.90 Å². The van der Waals surface area contributed by atoms with Crippen molar-refractivity contribution >= 4 is 38.0 Å². The minimum atomic E-state index is -3.88. The second kappa shape index (κ2) is 4.61. The fourth-order valence-corrected chi connectivity index (χ4v) is 3.23. The van der Waals surface area contributed by atoms with Crippen LogP contribution >= 0.6 is 0 Å². The summed E-state index contributed by atoms with van der Waals surface area (Å²) in [7, 11) is -3.88. The second-order valence-electron chi connectivity index (χ2n) is 4.38. The number of nitrogens with one attached hydrogen (secondary N) is 1. The van der Waals surface area contributed by atoms with Gasteiger partial charge in [0.2, 0.25) is 0 Å². The van der Waals surface area contributed by atoms with Crippen LogP contribution in [0.4, 0.5) is 0 Å². The van der Waals surface area contributed by atoms with Crippen molar-refractivity contribution in [3.63, 3.8) is 0 Å². The van der Waals surface area contributed by atoms with Crippen LogP contribution in [-0.2, 0) is 14.8 Å². The molecule has 0 fully saturated rings. The van der Waals surface area contributed by atoms with Crippen LogP contribution in [0.15, 0.2) is 59.5 Å². The molecule has 4 nitrogen and oxygen atoms in total. The fourth-order valence-electron chi connectivity index (χ4n) is 2.28. The fraction of sp³-hybridized carbons (Fsp3) is 0. The van der Waals surface area contributed by atoms with Crippen molar-refractivity contribution in [2.75, 3.05) is 0 Å². The molecule has 0 spiro atoms. The highest BCUT2D eigenvalue weighted by Crippen LogP contribution is 2.27. The third kappa shape index (κ3) is 2.02. The molecule has 0 aliphatic carbocycles. The monoisotopic (exact) mass is 284 g/mol. The van der Waals surface area contributed by atoms with E-state index in [4.69, 9.17) is 0 Å². The first-order valence-electron chi connectivity index (χ1n) is 5.92. The van der Waals surface area contributed by atoms with Gasteiger partial charge in [-0.15, -0.1) is 0 Å². The first-order valence-corrected chi connectivity index (χ1v) is 7.40. The number of fused-ring (bicyclic) bond motifs is 2. The third-order valence-corrected chi connectivity index (χ3v) is 4.46. The van der Waals surface area contributed by atoms with Crippen LogP contribution < -0.4 is 4.72 Å². The molecule has 0 heterocycles. The average molecular weight is 284 g/mol. The molecule has 0 aliphatic heterocycles.